The molecule has 0 bridgehead atoms. The second-order valence-corrected chi connectivity index (χ2v) is 7.51. The van der Waals surface area contributed by atoms with Crippen LogP contribution in [-0.2, 0) is 0 Å². The van der Waals surface area contributed by atoms with Crippen molar-refractivity contribution >= 4 is 17.7 Å². The Morgan fingerprint density at radius 1 is 1.06 bits per heavy atom. The molecule has 0 spiro atoms. The molecule has 0 saturated carbocycles. The molecule has 0 fully saturated rings. The smallest absolute Gasteiger partial charge is 0.191 e. The Balaban J connectivity index is 3.86. The van der Waals surface area contributed by atoms with Gasteiger partial charge in [0.2, 0.25) is 0 Å². The van der Waals surface area contributed by atoms with Gasteiger partial charge in [0, 0.05) is 37.0 Å². The molecule has 0 amide bonds. The molecule has 0 saturated heterocycles. The molecule has 0 heterocycles. The number of thioether (sulfide) groups is 1. The molecule has 5 heteroatoms. The molecule has 0 atom stereocenters. The Bertz CT molecular complexity index is 256. The maximum atomic E-state index is 4.22. The van der Waals surface area contributed by atoms with Crippen LogP contribution in [0, 0.1) is 0 Å². The molecule has 3 N–H and O–H groups in total. The third kappa shape index (κ3) is 9.59. The van der Waals surface area contributed by atoms with Crippen LogP contribution in [0.5, 0.6) is 0 Å². The Kier molecular flexibility index (Phi) is 7.71. The zero-order chi connectivity index (χ0) is 14.2. The SMILES string of the molecule is CN=C(NCCNC(C)(C)C)NCC(C)(C)SC. The zero-order valence-electron chi connectivity index (χ0n) is 13.0. The molecule has 0 radical (unpaired) electrons. The van der Waals surface area contributed by atoms with Crippen LogP contribution in [-0.4, -0.2) is 49.2 Å². The summed E-state index contributed by atoms with van der Waals surface area (Å²) in [5.74, 6) is 0.868. The van der Waals surface area contributed by atoms with Gasteiger partial charge in [0.25, 0.3) is 0 Å². The first-order chi connectivity index (χ1) is 8.20. The van der Waals surface area contributed by atoms with E-state index in [1.165, 1.54) is 0 Å². The molecule has 18 heavy (non-hydrogen) atoms. The summed E-state index contributed by atoms with van der Waals surface area (Å²) < 4.78 is 0.223. The summed E-state index contributed by atoms with van der Waals surface area (Å²) in [6.07, 6.45) is 2.13. The summed E-state index contributed by atoms with van der Waals surface area (Å²) in [7, 11) is 1.80. The molecule has 0 aromatic heterocycles. The van der Waals surface area contributed by atoms with Crippen LogP contribution in [0.1, 0.15) is 34.6 Å². The maximum Gasteiger partial charge on any atom is 0.191 e. The van der Waals surface area contributed by atoms with E-state index in [0.717, 1.165) is 25.6 Å². The van der Waals surface area contributed by atoms with E-state index in [2.05, 4.69) is 61.8 Å². The van der Waals surface area contributed by atoms with Crippen molar-refractivity contribution in [3.63, 3.8) is 0 Å². The predicted octanol–water partition coefficient (Wildman–Crippen LogP) is 1.68. The van der Waals surface area contributed by atoms with Gasteiger partial charge in [0.05, 0.1) is 0 Å². The fraction of sp³-hybridized carbons (Fsp3) is 0.923. The van der Waals surface area contributed by atoms with Gasteiger partial charge in [-0.3, -0.25) is 4.99 Å². The van der Waals surface area contributed by atoms with Gasteiger partial charge in [-0.25, -0.2) is 0 Å². The maximum absolute atomic E-state index is 4.22. The number of rotatable bonds is 6. The molecule has 0 aliphatic carbocycles. The Morgan fingerprint density at radius 2 is 1.67 bits per heavy atom. The van der Waals surface area contributed by atoms with Gasteiger partial charge < -0.3 is 16.0 Å². The summed E-state index contributed by atoms with van der Waals surface area (Å²) in [5.41, 5.74) is 0.166. The molecule has 0 aliphatic rings. The number of guanidine groups is 1. The van der Waals surface area contributed by atoms with Crippen molar-refractivity contribution in [3.05, 3.63) is 0 Å². The van der Waals surface area contributed by atoms with Crippen LogP contribution < -0.4 is 16.0 Å². The highest BCUT2D eigenvalue weighted by Gasteiger charge is 2.16. The van der Waals surface area contributed by atoms with Gasteiger partial charge >= 0.3 is 0 Å². The van der Waals surface area contributed by atoms with E-state index in [1.807, 2.05) is 11.8 Å². The largest absolute Gasteiger partial charge is 0.355 e. The molecule has 108 valence electrons. The highest BCUT2D eigenvalue weighted by molar-refractivity contribution is 7.99. The number of nitrogens with one attached hydrogen (secondary N) is 3. The number of nitrogens with zero attached hydrogens (tertiary/aromatic N) is 1. The number of hydrogen-bond acceptors (Lipinski definition) is 3. The van der Waals surface area contributed by atoms with Crippen molar-refractivity contribution in [2.45, 2.75) is 44.9 Å². The van der Waals surface area contributed by atoms with E-state index in [1.54, 1.807) is 7.05 Å². The second kappa shape index (κ2) is 7.89. The molecule has 4 nitrogen and oxygen atoms in total. The van der Waals surface area contributed by atoms with Crippen LogP contribution in [0.15, 0.2) is 4.99 Å². The van der Waals surface area contributed by atoms with Gasteiger partial charge in [-0.2, -0.15) is 11.8 Å². The van der Waals surface area contributed by atoms with E-state index in [-0.39, 0.29) is 10.3 Å². The summed E-state index contributed by atoms with van der Waals surface area (Å²) in [4.78, 5) is 4.22. The third-order valence-corrected chi connectivity index (χ3v) is 3.78. The first kappa shape index (κ1) is 17.6. The Morgan fingerprint density at radius 3 is 2.11 bits per heavy atom. The quantitative estimate of drug-likeness (QED) is 0.392. The number of hydrogen-bond donors (Lipinski definition) is 3. The fourth-order valence-corrected chi connectivity index (χ4v) is 1.42. The summed E-state index contributed by atoms with van der Waals surface area (Å²) in [6.45, 7) is 13.6. The highest BCUT2D eigenvalue weighted by atomic mass is 32.2. The first-order valence-corrected chi connectivity index (χ1v) is 7.67. The summed E-state index contributed by atoms with van der Waals surface area (Å²) in [6, 6.07) is 0. The molecular weight excluding hydrogens is 244 g/mol. The normalized spacial score (nSPS) is 13.6. The first-order valence-electron chi connectivity index (χ1n) is 6.45. The fourth-order valence-electron chi connectivity index (χ4n) is 1.21. The average Bonchev–Trinajstić information content (AvgIpc) is 2.27. The molecular formula is C13H30N4S. The van der Waals surface area contributed by atoms with Gasteiger partial charge in [-0.1, -0.05) is 0 Å². The van der Waals surface area contributed by atoms with Crippen LogP contribution in [0.3, 0.4) is 0 Å². The van der Waals surface area contributed by atoms with Crippen molar-refractivity contribution in [1.29, 1.82) is 0 Å². The van der Waals surface area contributed by atoms with Gasteiger partial charge in [0.1, 0.15) is 0 Å². The van der Waals surface area contributed by atoms with Crippen LogP contribution in [0.2, 0.25) is 0 Å². The minimum absolute atomic E-state index is 0.166. The van der Waals surface area contributed by atoms with Crippen molar-refractivity contribution in [1.82, 2.24) is 16.0 Å². The van der Waals surface area contributed by atoms with Gasteiger partial charge in [0.15, 0.2) is 5.96 Å². The van der Waals surface area contributed by atoms with E-state index in [0.29, 0.717) is 0 Å². The van der Waals surface area contributed by atoms with E-state index >= 15 is 0 Å². The lowest BCUT2D eigenvalue weighted by Crippen LogP contribution is -2.46. The molecule has 0 rings (SSSR count). The van der Waals surface area contributed by atoms with Crippen molar-refractivity contribution in [3.8, 4) is 0 Å². The Hall–Kier alpha value is -0.420. The standard InChI is InChI=1S/C13H30N4S/c1-12(2,3)17-9-8-15-11(14-6)16-10-13(4,5)18-7/h17H,8-10H2,1-7H3,(H2,14,15,16). The van der Waals surface area contributed by atoms with Crippen molar-refractivity contribution in [2.75, 3.05) is 32.9 Å². The molecule has 0 aliphatic heterocycles. The van der Waals surface area contributed by atoms with Crippen molar-refractivity contribution in [2.24, 2.45) is 4.99 Å². The minimum Gasteiger partial charge on any atom is -0.355 e. The predicted molar refractivity (Wildman–Crippen MR) is 84.7 cm³/mol. The van der Waals surface area contributed by atoms with E-state index in [9.17, 15) is 0 Å². The highest BCUT2D eigenvalue weighted by Crippen LogP contribution is 2.19. The van der Waals surface area contributed by atoms with E-state index in [4.69, 9.17) is 0 Å². The molecule has 0 unspecified atom stereocenters. The lowest BCUT2D eigenvalue weighted by molar-refractivity contribution is 0.428. The monoisotopic (exact) mass is 274 g/mol. The van der Waals surface area contributed by atoms with Gasteiger partial charge in [-0.15, -0.1) is 0 Å². The lowest BCUT2D eigenvalue weighted by Gasteiger charge is -2.24. The topological polar surface area (TPSA) is 48.5 Å². The average molecular weight is 274 g/mol. The van der Waals surface area contributed by atoms with Crippen molar-refractivity contribution < 1.29 is 0 Å². The number of aliphatic imine (C=N–C) groups is 1. The second-order valence-electron chi connectivity index (χ2n) is 5.99. The summed E-state index contributed by atoms with van der Waals surface area (Å²) >= 11 is 1.85. The zero-order valence-corrected chi connectivity index (χ0v) is 13.8. The van der Waals surface area contributed by atoms with Crippen LogP contribution >= 0.6 is 11.8 Å². The molecule has 0 aromatic carbocycles. The molecule has 0 aromatic rings. The van der Waals surface area contributed by atoms with E-state index < -0.39 is 0 Å². The third-order valence-electron chi connectivity index (χ3n) is 2.53. The van der Waals surface area contributed by atoms with Crippen LogP contribution in [0.4, 0.5) is 0 Å². The van der Waals surface area contributed by atoms with Gasteiger partial charge in [-0.05, 0) is 40.9 Å². The lowest BCUT2D eigenvalue weighted by atomic mass is 10.1. The summed E-state index contributed by atoms with van der Waals surface area (Å²) in [5, 5.41) is 10.1. The van der Waals surface area contributed by atoms with Crippen LogP contribution in [0.25, 0.3) is 0 Å². The Labute approximate surface area is 117 Å². The minimum atomic E-state index is 0.166.